The number of anilines is 1. The van der Waals surface area contributed by atoms with E-state index in [1.54, 1.807) is 32.9 Å². The van der Waals surface area contributed by atoms with Gasteiger partial charge in [0.25, 0.3) is 5.69 Å². The Morgan fingerprint density at radius 3 is 2.74 bits per heavy atom. The zero-order chi connectivity index (χ0) is 14.4. The second kappa shape index (κ2) is 6.72. The summed E-state index contributed by atoms with van der Waals surface area (Å²) in [6.07, 6.45) is 0.0182. The fraction of sp³-hybridized carbons (Fsp3) is 0.462. The molecule has 0 amide bonds. The van der Waals surface area contributed by atoms with Crippen LogP contribution < -0.4 is 5.32 Å². The van der Waals surface area contributed by atoms with Crippen molar-refractivity contribution >= 4 is 17.3 Å². The van der Waals surface area contributed by atoms with E-state index in [4.69, 9.17) is 4.74 Å². The first-order valence-electron chi connectivity index (χ1n) is 6.08. The van der Waals surface area contributed by atoms with Gasteiger partial charge in [0.05, 0.1) is 17.4 Å². The first-order valence-corrected chi connectivity index (χ1v) is 6.08. The van der Waals surface area contributed by atoms with Crippen LogP contribution in [-0.4, -0.2) is 23.5 Å². The van der Waals surface area contributed by atoms with Crippen LogP contribution in [0.4, 0.5) is 11.4 Å². The van der Waals surface area contributed by atoms with E-state index in [0.29, 0.717) is 12.2 Å². The quantitative estimate of drug-likeness (QED) is 0.486. The average Bonchev–Trinajstić information content (AvgIpc) is 2.29. The molecule has 0 aliphatic rings. The van der Waals surface area contributed by atoms with Gasteiger partial charge in [0.1, 0.15) is 5.69 Å². The van der Waals surface area contributed by atoms with Gasteiger partial charge in [-0.3, -0.25) is 14.9 Å². The summed E-state index contributed by atoms with van der Waals surface area (Å²) in [5.41, 5.74) is 1.24. The third kappa shape index (κ3) is 4.95. The van der Waals surface area contributed by atoms with E-state index in [9.17, 15) is 14.9 Å². The summed E-state index contributed by atoms with van der Waals surface area (Å²) in [7, 11) is 0. The van der Waals surface area contributed by atoms with Gasteiger partial charge < -0.3 is 10.1 Å². The molecule has 0 aliphatic heterocycles. The van der Waals surface area contributed by atoms with Crippen LogP contribution in [0, 0.1) is 17.0 Å². The smallest absolute Gasteiger partial charge is 0.307 e. The lowest BCUT2D eigenvalue weighted by Gasteiger charge is -2.09. The maximum Gasteiger partial charge on any atom is 0.307 e. The molecule has 1 aromatic carbocycles. The second-order valence-electron chi connectivity index (χ2n) is 4.49. The molecule has 0 unspecified atom stereocenters. The number of hydrogen-bond donors (Lipinski definition) is 1. The van der Waals surface area contributed by atoms with E-state index < -0.39 is 4.92 Å². The minimum Gasteiger partial charge on any atom is -0.463 e. The van der Waals surface area contributed by atoms with Crippen molar-refractivity contribution in [2.75, 3.05) is 11.9 Å². The van der Waals surface area contributed by atoms with Gasteiger partial charge >= 0.3 is 5.97 Å². The Kier molecular flexibility index (Phi) is 5.29. The van der Waals surface area contributed by atoms with Crippen LogP contribution in [-0.2, 0) is 9.53 Å². The molecule has 0 aromatic heterocycles. The van der Waals surface area contributed by atoms with Crippen LogP contribution in [0.1, 0.15) is 25.8 Å². The van der Waals surface area contributed by atoms with Crippen molar-refractivity contribution in [1.82, 2.24) is 0 Å². The summed E-state index contributed by atoms with van der Waals surface area (Å²) in [5, 5.41) is 13.8. The predicted octanol–water partition coefficient (Wildman–Crippen LogP) is 2.66. The molecule has 0 heterocycles. The number of nitrogens with one attached hydrogen (secondary N) is 1. The number of aryl methyl sites for hydroxylation is 1. The Morgan fingerprint density at radius 2 is 2.16 bits per heavy atom. The Hall–Kier alpha value is -2.11. The number of nitro benzene ring substituents is 1. The van der Waals surface area contributed by atoms with Crippen molar-refractivity contribution in [1.29, 1.82) is 0 Å². The first kappa shape index (κ1) is 14.9. The molecule has 1 rings (SSSR count). The van der Waals surface area contributed by atoms with Gasteiger partial charge in [0.15, 0.2) is 0 Å². The second-order valence-corrected chi connectivity index (χ2v) is 4.49. The fourth-order valence-electron chi connectivity index (χ4n) is 1.56. The molecular formula is C13H18N2O4. The van der Waals surface area contributed by atoms with Crippen molar-refractivity contribution in [3.05, 3.63) is 33.9 Å². The molecule has 0 atom stereocenters. The van der Waals surface area contributed by atoms with E-state index in [1.165, 1.54) is 6.07 Å². The lowest BCUT2D eigenvalue weighted by Crippen LogP contribution is -2.15. The lowest BCUT2D eigenvalue weighted by molar-refractivity contribution is -0.384. The van der Waals surface area contributed by atoms with Gasteiger partial charge in [0.2, 0.25) is 0 Å². The molecule has 0 aliphatic carbocycles. The molecule has 104 valence electrons. The van der Waals surface area contributed by atoms with Crippen molar-refractivity contribution < 1.29 is 14.5 Å². The standard InChI is InChI=1S/C13H18N2O4/c1-9(2)19-13(16)6-7-14-11-5-4-10(3)8-12(11)15(17)18/h4-5,8-9,14H,6-7H2,1-3H3. The van der Waals surface area contributed by atoms with Crippen LogP contribution in [0.25, 0.3) is 0 Å². The molecule has 0 radical (unpaired) electrons. The molecule has 0 saturated heterocycles. The summed E-state index contributed by atoms with van der Waals surface area (Å²) in [4.78, 5) is 21.8. The van der Waals surface area contributed by atoms with Crippen molar-refractivity contribution in [3.63, 3.8) is 0 Å². The summed E-state index contributed by atoms with van der Waals surface area (Å²) in [6, 6.07) is 4.91. The third-order valence-electron chi connectivity index (χ3n) is 2.36. The molecule has 0 spiro atoms. The van der Waals surface area contributed by atoms with Crippen molar-refractivity contribution in [2.24, 2.45) is 0 Å². The van der Waals surface area contributed by atoms with Gasteiger partial charge in [-0.25, -0.2) is 0 Å². The number of carbonyl (C=O) groups is 1. The molecule has 6 nitrogen and oxygen atoms in total. The fourth-order valence-corrected chi connectivity index (χ4v) is 1.56. The van der Waals surface area contributed by atoms with E-state index in [-0.39, 0.29) is 24.2 Å². The highest BCUT2D eigenvalue weighted by molar-refractivity contribution is 5.71. The maximum atomic E-state index is 11.3. The van der Waals surface area contributed by atoms with E-state index >= 15 is 0 Å². The highest BCUT2D eigenvalue weighted by atomic mass is 16.6. The highest BCUT2D eigenvalue weighted by Crippen LogP contribution is 2.25. The zero-order valence-electron chi connectivity index (χ0n) is 11.3. The molecule has 1 aromatic rings. The van der Waals surface area contributed by atoms with Crippen molar-refractivity contribution in [2.45, 2.75) is 33.3 Å². The Balaban J connectivity index is 2.58. The van der Waals surface area contributed by atoms with Crippen molar-refractivity contribution in [3.8, 4) is 0 Å². The van der Waals surface area contributed by atoms with E-state index in [2.05, 4.69) is 5.32 Å². The number of benzene rings is 1. The van der Waals surface area contributed by atoms with Crippen LogP contribution >= 0.6 is 0 Å². The maximum absolute atomic E-state index is 11.3. The minimum absolute atomic E-state index is 0.0113. The lowest BCUT2D eigenvalue weighted by atomic mass is 10.2. The number of esters is 1. The molecule has 6 heteroatoms. The van der Waals surface area contributed by atoms with E-state index in [1.807, 2.05) is 0 Å². The molecule has 19 heavy (non-hydrogen) atoms. The van der Waals surface area contributed by atoms with Crippen LogP contribution in [0.15, 0.2) is 18.2 Å². The Morgan fingerprint density at radius 1 is 1.47 bits per heavy atom. The van der Waals surface area contributed by atoms with Gasteiger partial charge in [0, 0.05) is 12.6 Å². The van der Waals surface area contributed by atoms with Crippen LogP contribution in [0.3, 0.4) is 0 Å². The summed E-state index contributed by atoms with van der Waals surface area (Å²) in [5.74, 6) is -0.322. The molecule has 0 bridgehead atoms. The SMILES string of the molecule is Cc1ccc(NCCC(=O)OC(C)C)c([N+](=O)[O-])c1. The number of rotatable bonds is 6. The first-order chi connectivity index (χ1) is 8.90. The topological polar surface area (TPSA) is 81.5 Å². The van der Waals surface area contributed by atoms with Gasteiger partial charge in [-0.05, 0) is 32.4 Å². The van der Waals surface area contributed by atoms with Gasteiger partial charge in [-0.1, -0.05) is 6.07 Å². The largest absolute Gasteiger partial charge is 0.463 e. The third-order valence-corrected chi connectivity index (χ3v) is 2.36. The number of carbonyl (C=O) groups excluding carboxylic acids is 1. The van der Waals surface area contributed by atoms with Crippen LogP contribution in [0.2, 0.25) is 0 Å². The number of hydrogen-bond acceptors (Lipinski definition) is 5. The van der Waals surface area contributed by atoms with Gasteiger partial charge in [-0.15, -0.1) is 0 Å². The number of ether oxygens (including phenoxy) is 1. The van der Waals surface area contributed by atoms with Crippen LogP contribution in [0.5, 0.6) is 0 Å². The molecule has 0 saturated carbocycles. The average molecular weight is 266 g/mol. The normalized spacial score (nSPS) is 10.3. The van der Waals surface area contributed by atoms with Gasteiger partial charge in [-0.2, -0.15) is 0 Å². The molecule has 1 N–H and O–H groups in total. The number of nitrogens with zero attached hydrogens (tertiary/aromatic N) is 1. The molecular weight excluding hydrogens is 248 g/mol. The minimum atomic E-state index is -0.443. The van der Waals surface area contributed by atoms with E-state index in [0.717, 1.165) is 5.56 Å². The summed E-state index contributed by atoms with van der Waals surface area (Å²) >= 11 is 0. The predicted molar refractivity (Wildman–Crippen MR) is 72.2 cm³/mol. The molecule has 0 fully saturated rings. The Labute approximate surface area is 111 Å². The zero-order valence-corrected chi connectivity index (χ0v) is 11.3. The number of nitro groups is 1. The summed E-state index contributed by atoms with van der Waals surface area (Å²) < 4.78 is 4.97. The monoisotopic (exact) mass is 266 g/mol. The highest BCUT2D eigenvalue weighted by Gasteiger charge is 2.13. The summed E-state index contributed by atoms with van der Waals surface area (Å²) in [6.45, 7) is 5.64. The Bertz CT molecular complexity index is 472.